The van der Waals surface area contributed by atoms with E-state index in [2.05, 4.69) is 19.1 Å². The van der Waals surface area contributed by atoms with Gasteiger partial charge in [-0.15, -0.1) is 0 Å². The highest BCUT2D eigenvalue weighted by Crippen LogP contribution is 2.47. The normalized spacial score (nSPS) is 21.8. The minimum Gasteiger partial charge on any atom is -0.494 e. The highest BCUT2D eigenvalue weighted by atomic mass is 16.7. The first-order chi connectivity index (χ1) is 16.6. The van der Waals surface area contributed by atoms with Gasteiger partial charge in [0.15, 0.2) is 6.10 Å². The predicted molar refractivity (Wildman–Crippen MR) is 131 cm³/mol. The molecule has 2 aliphatic heterocycles. The van der Waals surface area contributed by atoms with Crippen molar-refractivity contribution in [2.45, 2.75) is 38.8 Å². The van der Waals surface area contributed by atoms with Crippen molar-refractivity contribution in [3.05, 3.63) is 90.0 Å². The number of aryl methyl sites for hydroxylation is 1. The van der Waals surface area contributed by atoms with E-state index >= 15 is 0 Å². The fraction of sp³-hybridized carbons (Fsp3) is 0.286. The molecule has 2 aliphatic rings. The van der Waals surface area contributed by atoms with Crippen LogP contribution in [0.2, 0.25) is 0 Å². The Morgan fingerprint density at radius 1 is 0.824 bits per heavy atom. The molecule has 0 aliphatic carbocycles. The molecule has 3 atom stereocenters. The fourth-order valence-electron chi connectivity index (χ4n) is 4.67. The van der Waals surface area contributed by atoms with Gasteiger partial charge in [-0.25, -0.2) is 9.96 Å². The number of rotatable bonds is 7. The lowest BCUT2D eigenvalue weighted by molar-refractivity contribution is -0.126. The zero-order valence-corrected chi connectivity index (χ0v) is 19.4. The molecule has 2 heterocycles. The number of hydrogen-bond donors (Lipinski definition) is 0. The summed E-state index contributed by atoms with van der Waals surface area (Å²) in [4.78, 5) is 34.6. The molecule has 174 valence electrons. The van der Waals surface area contributed by atoms with Gasteiger partial charge in [0.05, 0.1) is 24.0 Å². The number of carbonyl (C=O) groups excluding carboxylic acids is 2. The summed E-state index contributed by atoms with van der Waals surface area (Å²) in [6.07, 6.45) is 0.961. The lowest BCUT2D eigenvalue weighted by atomic mass is 9.90. The first-order valence-corrected chi connectivity index (χ1v) is 11.8. The number of ether oxygens (including phenoxy) is 1. The van der Waals surface area contributed by atoms with E-state index in [1.807, 2.05) is 49.4 Å². The quantitative estimate of drug-likeness (QED) is 0.464. The van der Waals surface area contributed by atoms with Crippen molar-refractivity contribution in [3.63, 3.8) is 0 Å². The molecule has 0 bridgehead atoms. The number of benzene rings is 3. The Balaban J connectivity index is 1.49. The third-order valence-corrected chi connectivity index (χ3v) is 6.42. The van der Waals surface area contributed by atoms with E-state index in [9.17, 15) is 9.59 Å². The largest absolute Gasteiger partial charge is 0.494 e. The maximum Gasteiger partial charge on any atom is 0.266 e. The Bertz CT molecular complexity index is 1160. The summed E-state index contributed by atoms with van der Waals surface area (Å²) in [6.45, 7) is 4.77. The zero-order chi connectivity index (χ0) is 23.7. The van der Waals surface area contributed by atoms with Crippen molar-refractivity contribution in [1.82, 2.24) is 0 Å². The van der Waals surface area contributed by atoms with Gasteiger partial charge < -0.3 is 4.74 Å². The number of anilines is 2. The average Bonchev–Trinajstić information content (AvgIpc) is 3.39. The van der Waals surface area contributed by atoms with Crippen LogP contribution < -0.4 is 14.7 Å². The van der Waals surface area contributed by atoms with Crippen LogP contribution in [0.3, 0.4) is 0 Å². The lowest BCUT2D eigenvalue weighted by Gasteiger charge is -2.29. The molecular weight excluding hydrogens is 428 g/mol. The first kappa shape index (κ1) is 22.2. The van der Waals surface area contributed by atoms with Crippen LogP contribution in [0.15, 0.2) is 78.9 Å². The van der Waals surface area contributed by atoms with Crippen molar-refractivity contribution in [1.29, 1.82) is 0 Å². The Kier molecular flexibility index (Phi) is 6.07. The van der Waals surface area contributed by atoms with Gasteiger partial charge in [-0.05, 0) is 60.4 Å². The van der Waals surface area contributed by atoms with E-state index in [1.165, 1.54) is 10.5 Å². The molecular formula is C28H28N2O4. The van der Waals surface area contributed by atoms with Crippen molar-refractivity contribution in [2.75, 3.05) is 16.6 Å². The van der Waals surface area contributed by atoms with Crippen LogP contribution in [-0.2, 0) is 20.8 Å². The number of hydroxylamine groups is 1. The van der Waals surface area contributed by atoms with E-state index in [4.69, 9.17) is 9.57 Å². The van der Waals surface area contributed by atoms with E-state index in [-0.39, 0.29) is 11.8 Å². The topological polar surface area (TPSA) is 59.1 Å². The fourth-order valence-corrected chi connectivity index (χ4v) is 4.67. The molecule has 2 saturated heterocycles. The second kappa shape index (κ2) is 9.31. The van der Waals surface area contributed by atoms with Crippen LogP contribution in [0.4, 0.5) is 11.4 Å². The zero-order valence-electron chi connectivity index (χ0n) is 19.4. The SMILES string of the molecule is CCCOc1ccc(N2C(=O)C3ON(c4ccccc4)C(c4ccc(CC)cc4)C3C2=O)cc1. The van der Waals surface area contributed by atoms with Crippen LogP contribution in [0, 0.1) is 5.92 Å². The van der Waals surface area contributed by atoms with Crippen LogP contribution in [0.5, 0.6) is 5.75 Å². The van der Waals surface area contributed by atoms with E-state index in [1.54, 1.807) is 29.3 Å². The van der Waals surface area contributed by atoms with Gasteiger partial charge in [-0.2, -0.15) is 0 Å². The van der Waals surface area contributed by atoms with Crippen LogP contribution in [-0.4, -0.2) is 24.5 Å². The molecule has 6 heteroatoms. The van der Waals surface area contributed by atoms with Crippen molar-refractivity contribution in [3.8, 4) is 5.75 Å². The van der Waals surface area contributed by atoms with E-state index in [0.717, 1.165) is 24.1 Å². The Morgan fingerprint density at radius 3 is 2.18 bits per heavy atom. The maximum absolute atomic E-state index is 13.7. The van der Waals surface area contributed by atoms with Gasteiger partial charge >= 0.3 is 0 Å². The first-order valence-electron chi connectivity index (χ1n) is 11.8. The number of carbonyl (C=O) groups is 2. The van der Waals surface area contributed by atoms with Gasteiger partial charge in [0.2, 0.25) is 5.91 Å². The number of para-hydroxylation sites is 1. The molecule has 0 saturated carbocycles. The Labute approximate surface area is 199 Å². The van der Waals surface area contributed by atoms with E-state index in [0.29, 0.717) is 18.0 Å². The van der Waals surface area contributed by atoms with Crippen molar-refractivity contribution >= 4 is 23.2 Å². The minimum atomic E-state index is -0.875. The summed E-state index contributed by atoms with van der Waals surface area (Å²) in [5.74, 6) is -0.521. The summed E-state index contributed by atoms with van der Waals surface area (Å²) in [5, 5.41) is 1.73. The number of nitrogens with zero attached hydrogens (tertiary/aromatic N) is 2. The molecule has 2 fully saturated rings. The molecule has 2 amide bonds. The van der Waals surface area contributed by atoms with Gasteiger partial charge in [-0.1, -0.05) is 56.3 Å². The second-order valence-electron chi connectivity index (χ2n) is 8.61. The highest BCUT2D eigenvalue weighted by Gasteiger charge is 2.60. The van der Waals surface area contributed by atoms with Gasteiger partial charge in [0.25, 0.3) is 5.91 Å². The number of hydrogen-bond acceptors (Lipinski definition) is 5. The Morgan fingerprint density at radius 2 is 1.53 bits per heavy atom. The monoisotopic (exact) mass is 456 g/mol. The molecule has 3 aromatic rings. The number of imide groups is 1. The average molecular weight is 457 g/mol. The highest BCUT2D eigenvalue weighted by molar-refractivity contribution is 6.23. The molecule has 0 aromatic heterocycles. The molecule has 0 spiro atoms. The van der Waals surface area contributed by atoms with Crippen molar-refractivity contribution < 1.29 is 19.2 Å². The van der Waals surface area contributed by atoms with Gasteiger partial charge in [-0.3, -0.25) is 14.4 Å². The summed E-state index contributed by atoms with van der Waals surface area (Å²) >= 11 is 0. The molecule has 0 N–H and O–H groups in total. The van der Waals surface area contributed by atoms with E-state index < -0.39 is 18.1 Å². The number of amides is 2. The minimum absolute atomic E-state index is 0.250. The molecule has 5 rings (SSSR count). The maximum atomic E-state index is 13.7. The predicted octanol–water partition coefficient (Wildman–Crippen LogP) is 5.09. The van der Waals surface area contributed by atoms with Crippen molar-refractivity contribution in [2.24, 2.45) is 5.92 Å². The van der Waals surface area contributed by atoms with Crippen LogP contribution >= 0.6 is 0 Å². The second-order valence-corrected chi connectivity index (χ2v) is 8.61. The molecule has 34 heavy (non-hydrogen) atoms. The summed E-state index contributed by atoms with van der Waals surface area (Å²) in [7, 11) is 0. The molecule has 3 unspecified atom stereocenters. The Hall–Kier alpha value is -3.64. The number of fused-ring (bicyclic) bond motifs is 1. The smallest absolute Gasteiger partial charge is 0.266 e. The third kappa shape index (κ3) is 3.84. The third-order valence-electron chi connectivity index (χ3n) is 6.42. The summed E-state index contributed by atoms with van der Waals surface area (Å²) in [6, 6.07) is 24.5. The van der Waals surface area contributed by atoms with Gasteiger partial charge in [0.1, 0.15) is 11.7 Å². The molecule has 3 aromatic carbocycles. The summed E-state index contributed by atoms with van der Waals surface area (Å²) < 4.78 is 5.64. The molecule has 0 radical (unpaired) electrons. The van der Waals surface area contributed by atoms with Crippen LogP contribution in [0.1, 0.15) is 37.4 Å². The van der Waals surface area contributed by atoms with Gasteiger partial charge in [0, 0.05) is 0 Å². The summed E-state index contributed by atoms with van der Waals surface area (Å²) in [5.41, 5.74) is 3.50. The van der Waals surface area contributed by atoms with Crippen LogP contribution in [0.25, 0.3) is 0 Å². The lowest BCUT2D eigenvalue weighted by Crippen LogP contribution is -2.37. The molecule has 6 nitrogen and oxygen atoms in total. The standard InChI is InChI=1S/C28H28N2O4/c1-3-18-33-23-16-14-21(15-17-23)29-27(31)24-25(20-12-10-19(4-2)11-13-20)30(34-26(24)28(29)32)22-8-6-5-7-9-22/h5-17,24-26H,3-4,18H2,1-2H3.